The largest absolute Gasteiger partial charge is 0.456 e. The molecule has 11 heteroatoms. The van der Waals surface area contributed by atoms with Crippen LogP contribution in [-0.4, -0.2) is 24.1 Å². The predicted molar refractivity (Wildman–Crippen MR) is 106 cm³/mol. The van der Waals surface area contributed by atoms with Gasteiger partial charge in [-0.15, -0.1) is 0 Å². The number of aliphatic hydroxyl groups is 1. The molecule has 152 valence electrons. The van der Waals surface area contributed by atoms with E-state index in [1.165, 1.54) is 38.4 Å². The van der Waals surface area contributed by atoms with Gasteiger partial charge in [-0.2, -0.15) is 0 Å². The second kappa shape index (κ2) is 6.74. The maximum Gasteiger partial charge on any atom is 0.332 e. The average Bonchev–Trinajstić information content (AvgIpc) is 2.74. The van der Waals surface area contributed by atoms with Crippen LogP contribution in [0.2, 0.25) is 0 Å². The van der Waals surface area contributed by atoms with Crippen molar-refractivity contribution in [2.24, 2.45) is 14.1 Å². The Morgan fingerprint density at radius 2 is 1.80 bits per heavy atom. The number of hydrogen-bond acceptors (Lipinski definition) is 8. The Bertz CT molecular complexity index is 1530. The van der Waals surface area contributed by atoms with Crippen LogP contribution in [0.15, 0.2) is 49.1 Å². The number of fused-ring (bicyclic) bond motifs is 2. The smallest absolute Gasteiger partial charge is 0.332 e. The van der Waals surface area contributed by atoms with E-state index in [1.807, 2.05) is 0 Å². The summed E-state index contributed by atoms with van der Waals surface area (Å²) in [6.45, 7) is -0.561. The molecule has 0 saturated carbocycles. The zero-order chi connectivity index (χ0) is 21.7. The maximum atomic E-state index is 13.0. The molecule has 4 rings (SSSR count). The second-order valence-corrected chi connectivity index (χ2v) is 6.61. The first-order valence-corrected chi connectivity index (χ1v) is 8.66. The summed E-state index contributed by atoms with van der Waals surface area (Å²) in [5, 5.41) is 20.4. The highest BCUT2D eigenvalue weighted by molar-refractivity contribution is 6.05. The van der Waals surface area contributed by atoms with Gasteiger partial charge in [-0.05, 0) is 17.7 Å². The Morgan fingerprint density at radius 1 is 1.13 bits per heavy atom. The molecule has 0 spiro atoms. The van der Waals surface area contributed by atoms with Crippen molar-refractivity contribution in [1.82, 2.24) is 14.1 Å². The van der Waals surface area contributed by atoms with Crippen LogP contribution < -0.4 is 16.7 Å². The molecule has 0 saturated heterocycles. The van der Waals surface area contributed by atoms with E-state index < -0.39 is 28.2 Å². The van der Waals surface area contributed by atoms with Gasteiger partial charge in [0.15, 0.2) is 16.7 Å². The molecule has 1 aromatic carbocycles. The zero-order valence-electron chi connectivity index (χ0n) is 15.8. The van der Waals surface area contributed by atoms with Gasteiger partial charge in [-0.25, -0.2) is 9.78 Å². The number of nitro groups is 1. The topological polar surface area (TPSA) is 150 Å². The number of aryl methyl sites for hydroxylation is 1. The Kier molecular flexibility index (Phi) is 4.32. The van der Waals surface area contributed by atoms with Gasteiger partial charge < -0.3 is 9.52 Å². The molecule has 30 heavy (non-hydrogen) atoms. The summed E-state index contributed by atoms with van der Waals surface area (Å²) < 4.78 is 7.66. The van der Waals surface area contributed by atoms with E-state index >= 15 is 0 Å². The van der Waals surface area contributed by atoms with E-state index in [2.05, 4.69) is 4.98 Å². The summed E-state index contributed by atoms with van der Waals surface area (Å²) in [5.74, 6) is -0.0431. The number of hydrogen-bond donors (Lipinski definition) is 1. The summed E-state index contributed by atoms with van der Waals surface area (Å²) in [4.78, 5) is 52.6. The van der Waals surface area contributed by atoms with Crippen LogP contribution in [0, 0.1) is 10.1 Å². The SMILES string of the molecule is Cn1c(=O)c2c(-c3ccc([N+](=O)[O-])cc3)c3oc(CO)cc(=O)c3nc2n(C)c1=O. The number of pyridine rings is 1. The van der Waals surface area contributed by atoms with Gasteiger partial charge in [0, 0.05) is 37.9 Å². The molecule has 1 N–H and O–H groups in total. The number of aromatic nitrogens is 3. The van der Waals surface area contributed by atoms with Gasteiger partial charge in [0.1, 0.15) is 12.4 Å². The summed E-state index contributed by atoms with van der Waals surface area (Å²) >= 11 is 0. The van der Waals surface area contributed by atoms with Crippen LogP contribution in [0.25, 0.3) is 33.3 Å². The van der Waals surface area contributed by atoms with Gasteiger partial charge in [-0.3, -0.25) is 28.8 Å². The van der Waals surface area contributed by atoms with Crippen LogP contribution in [0.4, 0.5) is 5.69 Å². The van der Waals surface area contributed by atoms with Crippen LogP contribution in [0.1, 0.15) is 5.76 Å². The molecular weight excluding hydrogens is 396 g/mol. The van der Waals surface area contributed by atoms with Crippen molar-refractivity contribution in [2.75, 3.05) is 0 Å². The van der Waals surface area contributed by atoms with Gasteiger partial charge in [0.05, 0.1) is 10.3 Å². The lowest BCUT2D eigenvalue weighted by molar-refractivity contribution is -0.384. The third-order valence-corrected chi connectivity index (χ3v) is 4.82. The van der Waals surface area contributed by atoms with Crippen LogP contribution in [0.3, 0.4) is 0 Å². The third-order valence-electron chi connectivity index (χ3n) is 4.82. The maximum absolute atomic E-state index is 13.0. The summed E-state index contributed by atoms with van der Waals surface area (Å²) in [5.41, 5.74) is -1.80. The van der Waals surface area contributed by atoms with Crippen LogP contribution in [0.5, 0.6) is 0 Å². The number of nitro benzene ring substituents is 1. The molecule has 0 amide bonds. The van der Waals surface area contributed by atoms with Crippen molar-refractivity contribution in [3.8, 4) is 11.1 Å². The zero-order valence-corrected chi connectivity index (χ0v) is 15.8. The molecule has 0 aliphatic rings. The van der Waals surface area contributed by atoms with E-state index in [0.29, 0.717) is 5.56 Å². The van der Waals surface area contributed by atoms with Gasteiger partial charge in [0.2, 0.25) is 5.43 Å². The van der Waals surface area contributed by atoms with Gasteiger partial charge in [-0.1, -0.05) is 0 Å². The van der Waals surface area contributed by atoms with Gasteiger partial charge in [0.25, 0.3) is 11.2 Å². The molecule has 0 radical (unpaired) electrons. The molecule has 0 bridgehead atoms. The third kappa shape index (κ3) is 2.71. The predicted octanol–water partition coefficient (Wildman–Crippen LogP) is 0.806. The molecule has 11 nitrogen and oxygen atoms in total. The minimum Gasteiger partial charge on any atom is -0.456 e. The minimum atomic E-state index is -0.673. The van der Waals surface area contributed by atoms with Crippen molar-refractivity contribution in [3.05, 3.63) is 77.3 Å². The molecule has 0 fully saturated rings. The van der Waals surface area contributed by atoms with Crippen LogP contribution in [-0.2, 0) is 20.7 Å². The van der Waals surface area contributed by atoms with Gasteiger partial charge >= 0.3 is 5.69 Å². The lowest BCUT2D eigenvalue weighted by Gasteiger charge is -2.13. The highest BCUT2D eigenvalue weighted by Gasteiger charge is 2.22. The summed E-state index contributed by atoms with van der Waals surface area (Å²) in [6, 6.07) is 6.37. The normalized spacial score (nSPS) is 11.3. The molecule has 0 unspecified atom stereocenters. The first-order valence-electron chi connectivity index (χ1n) is 8.66. The summed E-state index contributed by atoms with van der Waals surface area (Å²) in [6.07, 6.45) is 0. The Balaban J connectivity index is 2.30. The van der Waals surface area contributed by atoms with Crippen molar-refractivity contribution < 1.29 is 14.4 Å². The molecule has 3 heterocycles. The second-order valence-electron chi connectivity index (χ2n) is 6.61. The molecule has 4 aromatic rings. The van der Waals surface area contributed by atoms with Crippen molar-refractivity contribution >= 4 is 27.8 Å². The minimum absolute atomic E-state index is 0.000747. The van der Waals surface area contributed by atoms with E-state index in [-0.39, 0.29) is 39.1 Å². The number of nitrogens with zero attached hydrogens (tertiary/aromatic N) is 4. The fraction of sp³-hybridized carbons (Fsp3) is 0.158. The number of aliphatic hydroxyl groups excluding tert-OH is 1. The van der Waals surface area contributed by atoms with Crippen molar-refractivity contribution in [3.63, 3.8) is 0 Å². The molecule has 0 aliphatic carbocycles. The molecule has 0 atom stereocenters. The lowest BCUT2D eigenvalue weighted by atomic mass is 10.0. The first kappa shape index (κ1) is 19.2. The van der Waals surface area contributed by atoms with E-state index in [1.54, 1.807) is 0 Å². The average molecular weight is 410 g/mol. The van der Waals surface area contributed by atoms with Crippen LogP contribution >= 0.6 is 0 Å². The number of non-ortho nitro benzene ring substituents is 1. The lowest BCUT2D eigenvalue weighted by Crippen LogP contribution is -2.37. The highest BCUT2D eigenvalue weighted by Crippen LogP contribution is 2.33. The molecule has 0 aliphatic heterocycles. The van der Waals surface area contributed by atoms with E-state index in [9.17, 15) is 29.6 Å². The monoisotopic (exact) mass is 410 g/mol. The highest BCUT2D eigenvalue weighted by atomic mass is 16.6. The fourth-order valence-electron chi connectivity index (χ4n) is 3.32. The first-order chi connectivity index (χ1) is 14.2. The Hall–Kier alpha value is -4.12. The standard InChI is InChI=1S/C19H14N4O7/c1-21-17-14(18(26)22(2)19(21)27)13(9-3-5-10(6-4-9)23(28)29)16-15(20-17)12(25)7-11(8-24)30-16/h3-7,24H,8H2,1-2H3. The number of benzene rings is 1. The van der Waals surface area contributed by atoms with E-state index in [0.717, 1.165) is 15.2 Å². The molecule has 3 aromatic heterocycles. The number of rotatable bonds is 3. The van der Waals surface area contributed by atoms with E-state index in [4.69, 9.17) is 4.42 Å². The Labute approximate surface area is 166 Å². The fourth-order valence-corrected chi connectivity index (χ4v) is 3.32. The Morgan fingerprint density at radius 3 is 2.40 bits per heavy atom. The quantitative estimate of drug-likeness (QED) is 0.296. The van der Waals surface area contributed by atoms with Crippen molar-refractivity contribution in [2.45, 2.75) is 6.61 Å². The van der Waals surface area contributed by atoms with Crippen molar-refractivity contribution in [1.29, 1.82) is 0 Å². The molecular formula is C19H14N4O7. The summed E-state index contributed by atoms with van der Waals surface area (Å²) in [7, 11) is 2.71.